The maximum absolute atomic E-state index is 12.2. The molecule has 16 heavy (non-hydrogen) atoms. The Hall–Kier alpha value is -1.26. The molecule has 2 rings (SSSR count). The van der Waals surface area contributed by atoms with Crippen LogP contribution in [0.3, 0.4) is 0 Å². The Labute approximate surface area is 100 Å². The van der Waals surface area contributed by atoms with E-state index < -0.39 is 9.84 Å². The van der Waals surface area contributed by atoms with E-state index in [2.05, 4.69) is 12.6 Å². The van der Waals surface area contributed by atoms with Gasteiger partial charge in [0.15, 0.2) is 0 Å². The van der Waals surface area contributed by atoms with Crippen molar-refractivity contribution in [3.8, 4) is 0 Å². The van der Waals surface area contributed by atoms with Gasteiger partial charge < -0.3 is 0 Å². The second-order valence-corrected chi connectivity index (χ2v) is 5.68. The predicted molar refractivity (Wildman–Crippen MR) is 65.6 cm³/mol. The molecule has 0 N–H and O–H groups in total. The summed E-state index contributed by atoms with van der Waals surface area (Å²) >= 11 is 4.16. The highest BCUT2D eigenvalue weighted by Gasteiger charge is 2.18. The Morgan fingerprint density at radius 2 is 1.38 bits per heavy atom. The quantitative estimate of drug-likeness (QED) is 0.832. The van der Waals surface area contributed by atoms with Crippen molar-refractivity contribution in [1.29, 1.82) is 0 Å². The van der Waals surface area contributed by atoms with Crippen LogP contribution in [0.4, 0.5) is 0 Å². The summed E-state index contributed by atoms with van der Waals surface area (Å²) in [4.78, 5) is 0.993. The van der Waals surface area contributed by atoms with Crippen molar-refractivity contribution in [3.05, 3.63) is 54.6 Å². The molecule has 82 valence electrons. The number of hydrogen-bond donors (Lipinski definition) is 1. The summed E-state index contributed by atoms with van der Waals surface area (Å²) in [5.74, 6) is 0. The second kappa shape index (κ2) is 4.31. The lowest BCUT2D eigenvalue weighted by Crippen LogP contribution is -2.02. The normalized spacial score (nSPS) is 11.3. The molecule has 0 atom stereocenters. The van der Waals surface area contributed by atoms with E-state index in [1.54, 1.807) is 54.6 Å². The average molecular weight is 250 g/mol. The summed E-state index contributed by atoms with van der Waals surface area (Å²) in [6, 6.07) is 15.0. The second-order valence-electron chi connectivity index (χ2n) is 3.28. The van der Waals surface area contributed by atoms with E-state index in [-0.39, 0.29) is 9.79 Å². The van der Waals surface area contributed by atoms with Crippen LogP contribution in [0.5, 0.6) is 0 Å². The fourth-order valence-electron chi connectivity index (χ4n) is 1.41. The minimum Gasteiger partial charge on any atom is -0.218 e. The summed E-state index contributed by atoms with van der Waals surface area (Å²) < 4.78 is 24.4. The molecule has 0 aliphatic rings. The fraction of sp³-hybridized carbons (Fsp3) is 0. The lowest BCUT2D eigenvalue weighted by Gasteiger charge is -2.06. The molecule has 2 aromatic rings. The van der Waals surface area contributed by atoms with Crippen LogP contribution >= 0.6 is 12.6 Å². The molecule has 2 aromatic carbocycles. The van der Waals surface area contributed by atoms with E-state index in [1.165, 1.54) is 0 Å². The van der Waals surface area contributed by atoms with Gasteiger partial charge in [-0.05, 0) is 24.3 Å². The van der Waals surface area contributed by atoms with Crippen LogP contribution in [-0.2, 0) is 9.84 Å². The summed E-state index contributed by atoms with van der Waals surface area (Å²) in [6.45, 7) is 0. The first-order valence-electron chi connectivity index (χ1n) is 4.70. The first kappa shape index (κ1) is 11.2. The summed E-state index contributed by atoms with van der Waals surface area (Å²) in [6.07, 6.45) is 0. The molecule has 0 saturated heterocycles. The van der Waals surface area contributed by atoms with Crippen LogP contribution in [0.15, 0.2) is 69.3 Å². The molecule has 0 fully saturated rings. The van der Waals surface area contributed by atoms with Gasteiger partial charge in [-0.3, -0.25) is 0 Å². The van der Waals surface area contributed by atoms with Gasteiger partial charge in [-0.2, -0.15) is 0 Å². The molecule has 0 unspecified atom stereocenters. The van der Waals surface area contributed by atoms with Crippen LogP contribution < -0.4 is 0 Å². The summed E-state index contributed by atoms with van der Waals surface area (Å²) in [5, 5.41) is 0. The smallest absolute Gasteiger partial charge is 0.207 e. The maximum atomic E-state index is 12.2. The van der Waals surface area contributed by atoms with E-state index in [0.29, 0.717) is 4.90 Å². The Morgan fingerprint density at radius 1 is 0.812 bits per heavy atom. The Bertz CT molecular complexity index is 589. The SMILES string of the molecule is O=S(=O)(c1ccccc1)c1ccccc1S. The zero-order valence-electron chi connectivity index (χ0n) is 8.37. The maximum Gasteiger partial charge on any atom is 0.207 e. The van der Waals surface area contributed by atoms with Gasteiger partial charge in [-0.25, -0.2) is 8.42 Å². The third kappa shape index (κ3) is 1.99. The molecule has 4 heteroatoms. The highest BCUT2D eigenvalue weighted by Crippen LogP contribution is 2.25. The number of hydrogen-bond acceptors (Lipinski definition) is 3. The lowest BCUT2D eigenvalue weighted by atomic mass is 10.4. The zero-order valence-corrected chi connectivity index (χ0v) is 10.1. The Kier molecular flexibility index (Phi) is 3.03. The van der Waals surface area contributed by atoms with E-state index in [9.17, 15) is 8.42 Å². The van der Waals surface area contributed by atoms with Crippen molar-refractivity contribution in [1.82, 2.24) is 0 Å². The Morgan fingerprint density at radius 3 is 2.00 bits per heavy atom. The van der Waals surface area contributed by atoms with Gasteiger partial charge in [0, 0.05) is 4.90 Å². The first-order valence-corrected chi connectivity index (χ1v) is 6.63. The molecule has 0 aromatic heterocycles. The molecule has 0 spiro atoms. The van der Waals surface area contributed by atoms with Gasteiger partial charge in [-0.1, -0.05) is 30.3 Å². The largest absolute Gasteiger partial charge is 0.218 e. The lowest BCUT2D eigenvalue weighted by molar-refractivity contribution is 0.594. The first-order chi connectivity index (χ1) is 7.62. The number of rotatable bonds is 2. The van der Waals surface area contributed by atoms with Crippen molar-refractivity contribution in [2.45, 2.75) is 14.7 Å². The average Bonchev–Trinajstić information content (AvgIpc) is 2.30. The monoisotopic (exact) mass is 250 g/mol. The summed E-state index contributed by atoms with van der Waals surface area (Å²) in [5.41, 5.74) is 0. The van der Waals surface area contributed by atoms with Crippen molar-refractivity contribution < 1.29 is 8.42 Å². The number of sulfone groups is 1. The molecule has 2 nitrogen and oxygen atoms in total. The molecule has 0 aliphatic heterocycles. The number of benzene rings is 2. The van der Waals surface area contributed by atoms with Crippen molar-refractivity contribution >= 4 is 22.5 Å². The molecule has 0 radical (unpaired) electrons. The molecule has 0 amide bonds. The molecular formula is C12H10O2S2. The van der Waals surface area contributed by atoms with Gasteiger partial charge in [0.25, 0.3) is 0 Å². The molecule has 0 saturated carbocycles. The highest BCUT2D eigenvalue weighted by molar-refractivity contribution is 7.92. The molecule has 0 heterocycles. The Balaban J connectivity index is 2.62. The van der Waals surface area contributed by atoms with E-state index >= 15 is 0 Å². The van der Waals surface area contributed by atoms with Gasteiger partial charge in [0.2, 0.25) is 9.84 Å². The van der Waals surface area contributed by atoms with E-state index in [4.69, 9.17) is 0 Å². The summed E-state index contributed by atoms with van der Waals surface area (Å²) in [7, 11) is -3.45. The van der Waals surface area contributed by atoms with Gasteiger partial charge >= 0.3 is 0 Å². The molecule has 0 aliphatic carbocycles. The topological polar surface area (TPSA) is 34.1 Å². The van der Waals surface area contributed by atoms with Crippen LogP contribution in [0, 0.1) is 0 Å². The van der Waals surface area contributed by atoms with Crippen LogP contribution in [0.25, 0.3) is 0 Å². The zero-order chi connectivity index (χ0) is 11.6. The van der Waals surface area contributed by atoms with Crippen molar-refractivity contribution in [3.63, 3.8) is 0 Å². The van der Waals surface area contributed by atoms with Gasteiger partial charge in [-0.15, -0.1) is 12.6 Å². The van der Waals surface area contributed by atoms with Crippen LogP contribution in [0.2, 0.25) is 0 Å². The van der Waals surface area contributed by atoms with Crippen LogP contribution in [-0.4, -0.2) is 8.42 Å². The minimum atomic E-state index is -3.45. The van der Waals surface area contributed by atoms with Crippen molar-refractivity contribution in [2.75, 3.05) is 0 Å². The highest BCUT2D eigenvalue weighted by atomic mass is 32.2. The van der Waals surface area contributed by atoms with E-state index in [1.807, 2.05) is 0 Å². The fourth-order valence-corrected chi connectivity index (χ4v) is 3.30. The minimum absolute atomic E-state index is 0.240. The third-order valence-corrected chi connectivity index (χ3v) is 4.58. The van der Waals surface area contributed by atoms with E-state index in [0.717, 1.165) is 0 Å². The molecular weight excluding hydrogens is 240 g/mol. The number of thiol groups is 1. The predicted octanol–water partition coefficient (Wildman–Crippen LogP) is 2.81. The standard InChI is InChI=1S/C12H10O2S2/c13-16(14,10-6-2-1-3-7-10)12-9-5-4-8-11(12)15/h1-9,15H. The van der Waals surface area contributed by atoms with Gasteiger partial charge in [0.05, 0.1) is 9.79 Å². The van der Waals surface area contributed by atoms with Crippen molar-refractivity contribution in [2.24, 2.45) is 0 Å². The molecule has 0 bridgehead atoms. The van der Waals surface area contributed by atoms with Crippen LogP contribution in [0.1, 0.15) is 0 Å². The van der Waals surface area contributed by atoms with Gasteiger partial charge in [0.1, 0.15) is 0 Å². The third-order valence-electron chi connectivity index (χ3n) is 2.21.